The first-order valence-corrected chi connectivity index (χ1v) is 36.3. The maximum atomic E-state index is 7.93. The lowest BCUT2D eigenvalue weighted by molar-refractivity contribution is -0.660. The molecule has 0 aliphatic rings. The minimum absolute atomic E-state index is 0.279. The van der Waals surface area contributed by atoms with Gasteiger partial charge in [-0.25, -0.2) is 22.8 Å². The molecule has 0 aliphatic carbocycles. The van der Waals surface area contributed by atoms with Crippen LogP contribution in [0.5, 0.6) is 0 Å². The van der Waals surface area contributed by atoms with Crippen molar-refractivity contribution >= 4 is 0 Å². The second-order valence-electron chi connectivity index (χ2n) is 27.8. The number of hydrogen-bond donors (Lipinski definition) is 0. The van der Waals surface area contributed by atoms with E-state index in [1.165, 1.54) is 134 Å². The molecule has 0 bridgehead atoms. The summed E-state index contributed by atoms with van der Waals surface area (Å²) in [5, 5.41) is 0. The molecule has 5 aromatic heterocycles. The zero-order chi connectivity index (χ0) is 80.0. The Morgan fingerprint density at radius 2 is 0.519 bits per heavy atom. The van der Waals surface area contributed by atoms with Crippen LogP contribution in [0.4, 0.5) is 0 Å². The highest BCUT2D eigenvalue weighted by atomic mass is 14.9. The first kappa shape index (κ1) is 67.1. The number of aryl methyl sites for hydroxylation is 16. The molecule has 0 saturated heterocycles. The van der Waals surface area contributed by atoms with E-state index in [0.717, 1.165) is 22.4 Å². The SMILES string of the molecule is Cc1cc(-c2ccc(-c3ccccc3)cc2C)[n+](C)cc1C.Cc1cc(-c2cccc[n+]2C)c(C)cc1-c1ccccc1.Cc1cc(-c2ccccc2)ccc1-c1cccc[n+]1C.Cc1ccc(-c2ccc(-c3ccccc3)cc2C)[n+](C)c1.[2H]C([2H])([2H])c1ccc(-c2cc(-c3ccccc3)c(C([2H])([2H])[2H])c[n+]2C)c(C)c1. The Hall–Kier alpha value is -12.1. The lowest BCUT2D eigenvalue weighted by Crippen LogP contribution is -2.31. The van der Waals surface area contributed by atoms with E-state index in [4.69, 9.17) is 8.22 Å². The predicted octanol–water partition coefficient (Wildman–Crippen LogP) is 22.6. The van der Waals surface area contributed by atoms with Gasteiger partial charge in [-0.2, -0.15) is 0 Å². The summed E-state index contributed by atoms with van der Waals surface area (Å²) in [6.45, 7) is 14.8. The smallest absolute Gasteiger partial charge is 0.201 e. The molecule has 0 saturated carbocycles. The van der Waals surface area contributed by atoms with Crippen LogP contribution in [-0.2, 0) is 35.2 Å². The van der Waals surface area contributed by atoms with Gasteiger partial charge < -0.3 is 0 Å². The summed E-state index contributed by atoms with van der Waals surface area (Å²) in [7, 11) is 10.2. The van der Waals surface area contributed by atoms with E-state index in [1.54, 1.807) is 36.0 Å². The normalized spacial score (nSPS) is 11.7. The van der Waals surface area contributed by atoms with Crippen molar-refractivity contribution in [3.05, 3.63) is 389 Å². The molecule has 10 aromatic carbocycles. The van der Waals surface area contributed by atoms with Gasteiger partial charge in [-0.05, 0) is 219 Å². The third-order valence-corrected chi connectivity index (χ3v) is 19.8. The number of nitrogens with zero attached hydrogens (tertiary/aromatic N) is 5. The van der Waals surface area contributed by atoms with E-state index in [0.29, 0.717) is 11.1 Å². The molecule has 15 rings (SSSR count). The van der Waals surface area contributed by atoms with E-state index < -0.39 is 13.7 Å². The highest BCUT2D eigenvalue weighted by Gasteiger charge is 2.20. The van der Waals surface area contributed by atoms with Gasteiger partial charge in [0.2, 0.25) is 28.5 Å². The van der Waals surface area contributed by atoms with Gasteiger partial charge in [0.05, 0.1) is 0 Å². The molecule has 106 heavy (non-hydrogen) atoms. The molecular formula is C101H102N5+5. The van der Waals surface area contributed by atoms with E-state index in [1.807, 2.05) is 43.3 Å². The summed E-state index contributed by atoms with van der Waals surface area (Å²) in [6.07, 6.45) is 10.2. The zero-order valence-corrected chi connectivity index (χ0v) is 63.9. The minimum atomic E-state index is -2.25. The topological polar surface area (TPSA) is 19.4 Å². The fourth-order valence-corrected chi connectivity index (χ4v) is 13.8. The second kappa shape index (κ2) is 35.0. The quantitative estimate of drug-likeness (QED) is 0.122. The lowest BCUT2D eigenvalue weighted by Gasteiger charge is -2.11. The van der Waals surface area contributed by atoms with Gasteiger partial charge >= 0.3 is 0 Å². The van der Waals surface area contributed by atoms with Gasteiger partial charge in [0.15, 0.2) is 31.0 Å². The molecule has 0 atom stereocenters. The van der Waals surface area contributed by atoms with Crippen molar-refractivity contribution in [1.82, 2.24) is 0 Å². The summed E-state index contributed by atoms with van der Waals surface area (Å²) >= 11 is 0. The fraction of sp³-hybridized carbons (Fsp3) is 0.158. The Morgan fingerprint density at radius 3 is 0.934 bits per heavy atom. The Kier molecular flexibility index (Phi) is 22.1. The molecular weight excluding hydrogens is 1280 g/mol. The van der Waals surface area contributed by atoms with E-state index in [-0.39, 0.29) is 5.56 Å². The number of aromatic nitrogens is 5. The Balaban J connectivity index is 0.000000139. The van der Waals surface area contributed by atoms with Crippen LogP contribution in [0.25, 0.3) is 112 Å². The average molecular weight is 1390 g/mol. The Morgan fingerprint density at radius 1 is 0.189 bits per heavy atom. The Labute approximate surface area is 640 Å². The van der Waals surface area contributed by atoms with Crippen LogP contribution in [0.1, 0.15) is 69.4 Å². The van der Waals surface area contributed by atoms with Gasteiger partial charge in [0, 0.05) is 95.2 Å². The highest BCUT2D eigenvalue weighted by molar-refractivity contribution is 5.77. The van der Waals surface area contributed by atoms with E-state index >= 15 is 0 Å². The summed E-state index contributed by atoms with van der Waals surface area (Å²) in [5.41, 5.74) is 35.4. The summed E-state index contributed by atoms with van der Waals surface area (Å²) in [6, 6.07) is 102. The van der Waals surface area contributed by atoms with Crippen molar-refractivity contribution < 1.29 is 31.1 Å². The molecule has 15 aromatic rings. The molecule has 5 heteroatoms. The fourth-order valence-electron chi connectivity index (χ4n) is 13.8. The average Bonchev–Trinajstić information content (AvgIpc) is 0.769. The molecule has 0 aliphatic heterocycles. The monoisotopic (exact) mass is 1390 g/mol. The van der Waals surface area contributed by atoms with Crippen molar-refractivity contribution in [2.75, 3.05) is 0 Å². The minimum Gasteiger partial charge on any atom is -0.201 e. The van der Waals surface area contributed by atoms with Crippen molar-refractivity contribution in [2.45, 2.75) is 76.0 Å². The van der Waals surface area contributed by atoms with Gasteiger partial charge in [0.25, 0.3) is 0 Å². The third kappa shape index (κ3) is 18.5. The summed E-state index contributed by atoms with van der Waals surface area (Å²) < 4.78 is 57.1. The van der Waals surface area contributed by atoms with E-state index in [2.05, 4.69) is 369 Å². The molecule has 0 unspecified atom stereocenters. The zero-order valence-electron chi connectivity index (χ0n) is 69.9. The third-order valence-electron chi connectivity index (χ3n) is 19.8. The van der Waals surface area contributed by atoms with Crippen molar-refractivity contribution in [2.24, 2.45) is 35.2 Å². The Bertz CT molecular complexity index is 5760. The standard InChI is InChI=1S/2C21H22N.2C20H20N.C19H18N/c1-15-13-21(22(4)14-17(15)3)20-11-10-19(12-16(20)2)18-8-6-5-7-9-18;1-15-10-11-19(16(2)12-15)21-13-20(17(3)14-22(21)4)18-8-6-5-7-9-18;1-15-14-19(20-11-7-8-12-21(20)3)16(2)13-18(15)17-9-5-4-6-10-17;1-15-9-12-20(21(3)14-15)19-11-10-18(13-16(19)2)17-7-5-4-6-8-17;1-15-14-17(16-8-4-3-5-9-16)11-12-18(15)19-10-6-7-13-20(19)2/h2*5-14H,1-4H3;2*4-14H,1-3H3;3-14H,1-2H3/q5*+1/i;1D3,3D3;;;. The van der Waals surface area contributed by atoms with Gasteiger partial charge in [0.1, 0.15) is 35.2 Å². The van der Waals surface area contributed by atoms with Crippen LogP contribution < -0.4 is 22.8 Å². The van der Waals surface area contributed by atoms with Crippen LogP contribution >= 0.6 is 0 Å². The number of benzene rings is 10. The van der Waals surface area contributed by atoms with Gasteiger partial charge in [-0.15, -0.1) is 0 Å². The van der Waals surface area contributed by atoms with Crippen molar-refractivity contribution in [1.29, 1.82) is 0 Å². The molecule has 0 fully saturated rings. The molecule has 0 amide bonds. The van der Waals surface area contributed by atoms with Crippen LogP contribution in [0.3, 0.4) is 0 Å². The number of pyridine rings is 5. The summed E-state index contributed by atoms with van der Waals surface area (Å²) in [4.78, 5) is 0. The highest BCUT2D eigenvalue weighted by Crippen LogP contribution is 2.34. The van der Waals surface area contributed by atoms with Crippen LogP contribution in [0.2, 0.25) is 0 Å². The van der Waals surface area contributed by atoms with Crippen LogP contribution in [0.15, 0.2) is 328 Å². The van der Waals surface area contributed by atoms with E-state index in [9.17, 15) is 0 Å². The van der Waals surface area contributed by atoms with Gasteiger partial charge in [-0.1, -0.05) is 212 Å². The van der Waals surface area contributed by atoms with Crippen molar-refractivity contribution in [3.63, 3.8) is 0 Å². The molecule has 0 spiro atoms. The van der Waals surface area contributed by atoms with Gasteiger partial charge in [-0.3, -0.25) is 0 Å². The molecule has 0 N–H and O–H groups in total. The first-order valence-electron chi connectivity index (χ1n) is 39.3. The second-order valence-corrected chi connectivity index (χ2v) is 27.8. The molecule has 5 heterocycles. The number of rotatable bonds is 10. The van der Waals surface area contributed by atoms with Crippen molar-refractivity contribution in [3.8, 4) is 112 Å². The maximum Gasteiger partial charge on any atom is 0.213 e. The summed E-state index contributed by atoms with van der Waals surface area (Å²) in [5.74, 6) is 0. The molecule has 5 nitrogen and oxygen atoms in total. The molecule has 526 valence electrons. The first-order chi connectivity index (χ1) is 53.6. The number of hydrogen-bond acceptors (Lipinski definition) is 0. The molecule has 0 radical (unpaired) electrons. The van der Waals surface area contributed by atoms with Crippen LogP contribution in [-0.4, -0.2) is 0 Å². The maximum absolute atomic E-state index is 7.93. The van der Waals surface area contributed by atoms with Crippen LogP contribution in [0, 0.1) is 76.0 Å². The largest absolute Gasteiger partial charge is 0.213 e. The lowest BCUT2D eigenvalue weighted by atomic mass is 9.93. The predicted molar refractivity (Wildman–Crippen MR) is 445 cm³/mol.